The van der Waals surface area contributed by atoms with Gasteiger partial charge in [0.25, 0.3) is 0 Å². The maximum atomic E-state index is 12.7. The zero-order valence-corrected chi connectivity index (χ0v) is 16.5. The van der Waals surface area contributed by atoms with E-state index in [1.54, 1.807) is 4.90 Å². The van der Waals surface area contributed by atoms with Crippen LogP contribution in [0.3, 0.4) is 0 Å². The summed E-state index contributed by atoms with van der Waals surface area (Å²) in [5.74, 6) is 0.996. The average molecular weight is 409 g/mol. The van der Waals surface area contributed by atoms with Crippen LogP contribution >= 0.6 is 0 Å². The van der Waals surface area contributed by atoms with Crippen molar-refractivity contribution in [2.75, 3.05) is 31.5 Å². The van der Waals surface area contributed by atoms with Gasteiger partial charge in [-0.15, -0.1) is 0 Å². The Labute approximate surface area is 168 Å². The van der Waals surface area contributed by atoms with Crippen molar-refractivity contribution in [3.63, 3.8) is 0 Å². The highest BCUT2D eigenvalue weighted by Gasteiger charge is 2.46. The molecule has 29 heavy (non-hydrogen) atoms. The molecule has 0 bridgehead atoms. The van der Waals surface area contributed by atoms with Crippen LogP contribution in [0.4, 0.5) is 23.7 Å². The van der Waals surface area contributed by atoms with Crippen LogP contribution in [0.25, 0.3) is 0 Å². The molecule has 1 aliphatic carbocycles. The normalized spacial score (nSPS) is 25.9. The molecule has 5 nitrogen and oxygen atoms in total. The minimum absolute atomic E-state index is 0.0451. The lowest BCUT2D eigenvalue weighted by molar-refractivity contribution is -0.137. The molecule has 1 saturated carbocycles. The second kappa shape index (κ2) is 7.22. The Hall–Kier alpha value is -2.25. The topological polar surface area (TPSA) is 52.7 Å². The van der Waals surface area contributed by atoms with Crippen molar-refractivity contribution in [1.82, 2.24) is 9.80 Å². The highest BCUT2D eigenvalue weighted by atomic mass is 19.4. The van der Waals surface area contributed by atoms with Crippen molar-refractivity contribution in [3.05, 3.63) is 29.8 Å². The third kappa shape index (κ3) is 4.21. The number of nitrogens with zero attached hydrogens (tertiary/aromatic N) is 2. The predicted molar refractivity (Wildman–Crippen MR) is 102 cm³/mol. The van der Waals surface area contributed by atoms with Crippen LogP contribution in [-0.2, 0) is 11.0 Å². The summed E-state index contributed by atoms with van der Waals surface area (Å²) in [5.41, 5.74) is -0.343. The zero-order valence-electron chi connectivity index (χ0n) is 16.5. The lowest BCUT2D eigenvalue weighted by Crippen LogP contribution is -2.45. The van der Waals surface area contributed by atoms with Gasteiger partial charge in [-0.3, -0.25) is 4.79 Å². The number of anilines is 1. The van der Waals surface area contributed by atoms with Crippen LogP contribution in [0.2, 0.25) is 0 Å². The minimum Gasteiger partial charge on any atom is -0.342 e. The molecule has 158 valence electrons. The molecule has 2 unspecified atom stereocenters. The first kappa shape index (κ1) is 20.0. The van der Waals surface area contributed by atoms with Gasteiger partial charge in [0.15, 0.2) is 0 Å². The second-order valence-electron chi connectivity index (χ2n) is 8.82. The minimum atomic E-state index is -4.39. The van der Waals surface area contributed by atoms with Crippen LogP contribution in [0.5, 0.6) is 0 Å². The molecule has 8 heteroatoms. The van der Waals surface area contributed by atoms with E-state index in [0.29, 0.717) is 24.7 Å². The Balaban J connectivity index is 1.29. The van der Waals surface area contributed by atoms with Crippen molar-refractivity contribution in [1.29, 1.82) is 0 Å². The maximum Gasteiger partial charge on any atom is 0.416 e. The van der Waals surface area contributed by atoms with Crippen molar-refractivity contribution in [2.24, 2.45) is 17.3 Å². The van der Waals surface area contributed by atoms with Crippen LogP contribution in [0.15, 0.2) is 24.3 Å². The largest absolute Gasteiger partial charge is 0.416 e. The maximum absolute atomic E-state index is 12.7. The summed E-state index contributed by atoms with van der Waals surface area (Å²) in [6.07, 6.45) is -0.709. The third-order valence-corrected chi connectivity index (χ3v) is 6.75. The Morgan fingerprint density at radius 3 is 2.10 bits per heavy atom. The molecule has 1 aromatic rings. The van der Waals surface area contributed by atoms with E-state index in [1.165, 1.54) is 12.1 Å². The van der Waals surface area contributed by atoms with Gasteiger partial charge < -0.3 is 15.1 Å². The van der Waals surface area contributed by atoms with Gasteiger partial charge in [0.2, 0.25) is 5.91 Å². The second-order valence-corrected chi connectivity index (χ2v) is 8.82. The van der Waals surface area contributed by atoms with E-state index >= 15 is 0 Å². The molecule has 3 amide bonds. The summed E-state index contributed by atoms with van der Waals surface area (Å²) in [5, 5.41) is 2.69. The summed E-state index contributed by atoms with van der Waals surface area (Å²) in [6, 6.07) is 4.20. The molecular weight excluding hydrogens is 383 g/mol. The number of hydrogen-bond donors (Lipinski definition) is 1. The van der Waals surface area contributed by atoms with Gasteiger partial charge in [0.1, 0.15) is 0 Å². The van der Waals surface area contributed by atoms with E-state index in [9.17, 15) is 22.8 Å². The fourth-order valence-electron chi connectivity index (χ4n) is 4.56. The molecular formula is C21H26F3N3O2. The fourth-order valence-corrected chi connectivity index (χ4v) is 4.56. The molecule has 3 aliphatic rings. The number of nitrogens with one attached hydrogen (secondary N) is 1. The molecule has 4 rings (SSSR count). The quantitative estimate of drug-likeness (QED) is 0.796. The molecule has 1 N–H and O–H groups in total. The van der Waals surface area contributed by atoms with Crippen LogP contribution in [-0.4, -0.2) is 47.9 Å². The third-order valence-electron chi connectivity index (χ3n) is 6.75. The van der Waals surface area contributed by atoms with Gasteiger partial charge >= 0.3 is 12.2 Å². The lowest BCUT2D eigenvalue weighted by atomic mass is 9.77. The number of carbonyl (C=O) groups is 2. The molecule has 2 saturated heterocycles. The van der Waals surface area contributed by atoms with Gasteiger partial charge in [-0.1, -0.05) is 6.92 Å². The first-order valence-corrected chi connectivity index (χ1v) is 10.2. The molecule has 2 aliphatic heterocycles. The molecule has 3 fully saturated rings. The van der Waals surface area contributed by atoms with E-state index in [2.05, 4.69) is 12.2 Å². The van der Waals surface area contributed by atoms with Crippen LogP contribution in [0.1, 0.15) is 38.2 Å². The number of likely N-dealkylation sites (tertiary alicyclic amines) is 2. The highest BCUT2D eigenvalue weighted by Crippen LogP contribution is 2.43. The number of hydrogen-bond acceptors (Lipinski definition) is 2. The summed E-state index contributed by atoms with van der Waals surface area (Å²) in [7, 11) is 0. The average Bonchev–Trinajstić information content (AvgIpc) is 3.27. The van der Waals surface area contributed by atoms with Crippen molar-refractivity contribution in [2.45, 2.75) is 38.8 Å². The molecule has 2 atom stereocenters. The van der Waals surface area contributed by atoms with Crippen LogP contribution < -0.4 is 5.32 Å². The monoisotopic (exact) mass is 409 g/mol. The summed E-state index contributed by atoms with van der Waals surface area (Å²) in [6.45, 7) is 4.85. The molecule has 0 aromatic heterocycles. The molecule has 0 radical (unpaired) electrons. The predicted octanol–water partition coefficient (Wildman–Crippen LogP) is 4.21. The number of amides is 3. The van der Waals surface area contributed by atoms with Crippen LogP contribution in [0, 0.1) is 17.3 Å². The molecule has 1 spiro atoms. The highest BCUT2D eigenvalue weighted by molar-refractivity contribution is 5.89. The van der Waals surface area contributed by atoms with Gasteiger partial charge in [0.05, 0.1) is 5.56 Å². The number of rotatable bonds is 2. The number of benzene rings is 1. The first-order chi connectivity index (χ1) is 13.7. The van der Waals surface area contributed by atoms with E-state index in [1.807, 2.05) is 4.90 Å². The summed E-state index contributed by atoms with van der Waals surface area (Å²) in [4.78, 5) is 28.7. The molecule has 1 aromatic carbocycles. The van der Waals surface area contributed by atoms with Crippen molar-refractivity contribution >= 4 is 17.6 Å². The Morgan fingerprint density at radius 2 is 1.59 bits per heavy atom. The van der Waals surface area contributed by atoms with Crippen molar-refractivity contribution in [3.8, 4) is 0 Å². The number of halogens is 3. The standard InChI is InChI=1S/C21H26F3N3O2/c1-14-12-17(14)18(28)26-9-6-20(7-10-26)8-11-27(13-20)19(29)25-16-4-2-15(3-5-16)21(22,23)24/h2-5,14,17H,6-13H2,1H3,(H,25,29). The summed E-state index contributed by atoms with van der Waals surface area (Å²) >= 11 is 0. The Bertz CT molecular complexity index is 785. The van der Waals surface area contributed by atoms with Gasteiger partial charge in [-0.05, 0) is 61.3 Å². The number of piperidine rings is 1. The first-order valence-electron chi connectivity index (χ1n) is 10.2. The van der Waals surface area contributed by atoms with Gasteiger partial charge in [-0.25, -0.2) is 4.79 Å². The van der Waals surface area contributed by atoms with Gasteiger partial charge in [0, 0.05) is 37.8 Å². The zero-order chi connectivity index (χ0) is 20.8. The van der Waals surface area contributed by atoms with E-state index < -0.39 is 11.7 Å². The lowest BCUT2D eigenvalue weighted by Gasteiger charge is -2.39. The van der Waals surface area contributed by atoms with E-state index in [-0.39, 0.29) is 23.3 Å². The number of alkyl halides is 3. The smallest absolute Gasteiger partial charge is 0.342 e. The van der Waals surface area contributed by atoms with E-state index in [4.69, 9.17) is 0 Å². The number of urea groups is 1. The summed E-state index contributed by atoms with van der Waals surface area (Å²) < 4.78 is 38.0. The van der Waals surface area contributed by atoms with Crippen molar-refractivity contribution < 1.29 is 22.8 Å². The number of carbonyl (C=O) groups excluding carboxylic acids is 2. The SMILES string of the molecule is CC1CC1C(=O)N1CCC2(CCN(C(=O)Nc3ccc(C(F)(F)F)cc3)C2)CC1. The van der Waals surface area contributed by atoms with Gasteiger partial charge in [-0.2, -0.15) is 13.2 Å². The van der Waals surface area contributed by atoms with E-state index in [0.717, 1.165) is 50.9 Å². The fraction of sp³-hybridized carbons (Fsp3) is 0.619. The molecule has 2 heterocycles. The Kier molecular flexibility index (Phi) is 4.99. The Morgan fingerprint density at radius 1 is 1.03 bits per heavy atom.